The molecule has 0 saturated carbocycles. The number of nitrogens with zero attached hydrogens (tertiary/aromatic N) is 2. The minimum atomic E-state index is -0.890. The van der Waals surface area contributed by atoms with Crippen molar-refractivity contribution in [3.8, 4) is 5.75 Å². The Morgan fingerprint density at radius 2 is 1.67 bits per heavy atom. The molecule has 1 N–H and O–H groups in total. The summed E-state index contributed by atoms with van der Waals surface area (Å²) in [6.07, 6.45) is 0. The van der Waals surface area contributed by atoms with E-state index < -0.39 is 27.1 Å². The van der Waals surface area contributed by atoms with Crippen LogP contribution in [0.3, 0.4) is 0 Å². The number of hydrogen-bond donors (Lipinski definition) is 1. The van der Waals surface area contributed by atoms with Crippen LogP contribution in [0.1, 0.15) is 15.9 Å². The number of nitro benzene ring substituents is 2. The third kappa shape index (κ3) is 3.83. The van der Waals surface area contributed by atoms with E-state index in [1.54, 1.807) is 24.3 Å². The van der Waals surface area contributed by atoms with E-state index in [-0.39, 0.29) is 12.1 Å². The number of nitrogens with one attached hydrogen (secondary N) is 1. The number of nitro groups is 2. The van der Waals surface area contributed by atoms with Gasteiger partial charge in [0.2, 0.25) is 0 Å². The highest BCUT2D eigenvalue weighted by Gasteiger charge is 2.25. The van der Waals surface area contributed by atoms with Crippen LogP contribution in [0.15, 0.2) is 42.5 Å². The Morgan fingerprint density at radius 1 is 1.04 bits per heavy atom. The molecule has 0 aliphatic heterocycles. The molecule has 0 aromatic heterocycles. The van der Waals surface area contributed by atoms with E-state index in [1.165, 1.54) is 13.2 Å². The van der Waals surface area contributed by atoms with Crippen LogP contribution in [0.2, 0.25) is 0 Å². The Hall–Kier alpha value is -3.49. The Kier molecular flexibility index (Phi) is 5.05. The van der Waals surface area contributed by atoms with E-state index >= 15 is 0 Å². The zero-order valence-corrected chi connectivity index (χ0v) is 12.6. The maximum Gasteiger partial charge on any atom is 0.346 e. The van der Waals surface area contributed by atoms with Gasteiger partial charge < -0.3 is 10.1 Å². The molecule has 2 aromatic rings. The average molecular weight is 331 g/mol. The van der Waals surface area contributed by atoms with Gasteiger partial charge in [-0.2, -0.15) is 0 Å². The predicted molar refractivity (Wildman–Crippen MR) is 83.9 cm³/mol. The summed E-state index contributed by atoms with van der Waals surface area (Å²) in [6.45, 7) is 0.202. The number of benzene rings is 2. The molecular formula is C15H13N3O6. The highest BCUT2D eigenvalue weighted by atomic mass is 16.6. The minimum absolute atomic E-state index is 0.0270. The molecule has 0 unspecified atom stereocenters. The van der Waals surface area contributed by atoms with Crippen molar-refractivity contribution in [1.82, 2.24) is 5.32 Å². The molecule has 0 aliphatic rings. The van der Waals surface area contributed by atoms with Crippen molar-refractivity contribution in [3.63, 3.8) is 0 Å². The van der Waals surface area contributed by atoms with Gasteiger partial charge in [-0.1, -0.05) is 12.1 Å². The molecular weight excluding hydrogens is 318 g/mol. The van der Waals surface area contributed by atoms with Crippen LogP contribution in [0.5, 0.6) is 5.75 Å². The third-order valence-electron chi connectivity index (χ3n) is 3.24. The van der Waals surface area contributed by atoms with Crippen LogP contribution in [-0.4, -0.2) is 22.9 Å². The minimum Gasteiger partial charge on any atom is -0.497 e. The van der Waals surface area contributed by atoms with E-state index in [2.05, 4.69) is 5.32 Å². The van der Waals surface area contributed by atoms with Gasteiger partial charge in [-0.25, -0.2) is 0 Å². The van der Waals surface area contributed by atoms with Gasteiger partial charge in [0.1, 0.15) is 5.75 Å². The van der Waals surface area contributed by atoms with Crippen molar-refractivity contribution in [2.24, 2.45) is 0 Å². The van der Waals surface area contributed by atoms with Crippen LogP contribution in [0, 0.1) is 20.2 Å². The SMILES string of the molecule is COc1ccc(CNC(=O)c2ccc([N+](=O)[O-])c([N+](=O)[O-])c2)cc1. The Labute approximate surface area is 136 Å². The Bertz CT molecular complexity index is 788. The smallest absolute Gasteiger partial charge is 0.346 e. The zero-order valence-electron chi connectivity index (χ0n) is 12.6. The van der Waals surface area contributed by atoms with Gasteiger partial charge in [0.25, 0.3) is 5.91 Å². The summed E-state index contributed by atoms with van der Waals surface area (Å²) >= 11 is 0. The summed E-state index contributed by atoms with van der Waals surface area (Å²) in [4.78, 5) is 32.0. The van der Waals surface area contributed by atoms with Crippen molar-refractivity contribution < 1.29 is 19.4 Å². The molecule has 0 atom stereocenters. The molecule has 2 rings (SSSR count). The number of carbonyl (C=O) groups excluding carboxylic acids is 1. The summed E-state index contributed by atoms with van der Waals surface area (Å²) in [5.74, 6) is 0.111. The second kappa shape index (κ2) is 7.18. The fraction of sp³-hybridized carbons (Fsp3) is 0.133. The Balaban J connectivity index is 2.12. The van der Waals surface area contributed by atoms with Crippen LogP contribution < -0.4 is 10.1 Å². The average Bonchev–Trinajstić information content (AvgIpc) is 2.59. The van der Waals surface area contributed by atoms with Crippen LogP contribution >= 0.6 is 0 Å². The van der Waals surface area contributed by atoms with E-state index in [0.717, 1.165) is 17.7 Å². The quantitative estimate of drug-likeness (QED) is 0.640. The van der Waals surface area contributed by atoms with Crippen molar-refractivity contribution in [2.75, 3.05) is 7.11 Å². The van der Waals surface area contributed by atoms with Gasteiger partial charge in [0, 0.05) is 24.2 Å². The van der Waals surface area contributed by atoms with Crippen molar-refractivity contribution in [3.05, 3.63) is 73.8 Å². The molecule has 0 fully saturated rings. The summed E-state index contributed by atoms with van der Waals surface area (Å²) in [5.41, 5.74) is -0.606. The molecule has 0 spiro atoms. The van der Waals surface area contributed by atoms with E-state index in [9.17, 15) is 25.0 Å². The summed E-state index contributed by atoms with van der Waals surface area (Å²) in [7, 11) is 1.54. The summed E-state index contributed by atoms with van der Waals surface area (Å²) in [5, 5.41) is 24.3. The lowest BCUT2D eigenvalue weighted by Gasteiger charge is -2.06. The maximum absolute atomic E-state index is 12.1. The number of hydrogen-bond acceptors (Lipinski definition) is 6. The zero-order chi connectivity index (χ0) is 17.7. The second-order valence-electron chi connectivity index (χ2n) is 4.75. The first kappa shape index (κ1) is 16.9. The van der Waals surface area contributed by atoms with Crippen molar-refractivity contribution >= 4 is 17.3 Å². The predicted octanol–water partition coefficient (Wildman–Crippen LogP) is 2.44. The van der Waals surface area contributed by atoms with Crippen LogP contribution in [0.25, 0.3) is 0 Å². The second-order valence-corrected chi connectivity index (χ2v) is 4.75. The lowest BCUT2D eigenvalue weighted by atomic mass is 10.1. The highest BCUT2D eigenvalue weighted by Crippen LogP contribution is 2.27. The Morgan fingerprint density at radius 3 is 2.21 bits per heavy atom. The fourth-order valence-electron chi connectivity index (χ4n) is 1.99. The van der Waals surface area contributed by atoms with E-state index in [4.69, 9.17) is 4.74 Å². The lowest BCUT2D eigenvalue weighted by Crippen LogP contribution is -2.22. The third-order valence-corrected chi connectivity index (χ3v) is 3.24. The molecule has 24 heavy (non-hydrogen) atoms. The van der Waals surface area contributed by atoms with Gasteiger partial charge in [0.05, 0.1) is 17.0 Å². The molecule has 0 heterocycles. The monoisotopic (exact) mass is 331 g/mol. The normalized spacial score (nSPS) is 10.0. The number of ether oxygens (including phenoxy) is 1. The number of rotatable bonds is 6. The summed E-state index contributed by atoms with van der Waals surface area (Å²) < 4.78 is 5.02. The number of amides is 1. The van der Waals surface area contributed by atoms with Crippen LogP contribution in [0.4, 0.5) is 11.4 Å². The van der Waals surface area contributed by atoms with Gasteiger partial charge in [-0.05, 0) is 23.8 Å². The molecule has 0 saturated heterocycles. The molecule has 9 nitrogen and oxygen atoms in total. The molecule has 9 heteroatoms. The van der Waals surface area contributed by atoms with Gasteiger partial charge in [-0.15, -0.1) is 0 Å². The first-order valence-electron chi connectivity index (χ1n) is 6.76. The number of methoxy groups -OCH3 is 1. The van der Waals surface area contributed by atoms with Crippen molar-refractivity contribution in [1.29, 1.82) is 0 Å². The first-order valence-corrected chi connectivity index (χ1v) is 6.76. The topological polar surface area (TPSA) is 125 Å². The van der Waals surface area contributed by atoms with Crippen molar-refractivity contribution in [2.45, 2.75) is 6.54 Å². The summed E-state index contributed by atoms with van der Waals surface area (Å²) in [6, 6.07) is 10.0. The molecule has 2 aromatic carbocycles. The fourth-order valence-corrected chi connectivity index (χ4v) is 1.99. The highest BCUT2D eigenvalue weighted by molar-refractivity contribution is 5.95. The van der Waals surface area contributed by atoms with Crippen LogP contribution in [-0.2, 0) is 6.54 Å². The maximum atomic E-state index is 12.1. The van der Waals surface area contributed by atoms with Gasteiger partial charge >= 0.3 is 11.4 Å². The van der Waals surface area contributed by atoms with Gasteiger partial charge in [0.15, 0.2) is 0 Å². The molecule has 0 radical (unpaired) electrons. The molecule has 1 amide bonds. The first-order chi connectivity index (χ1) is 11.4. The number of carbonyl (C=O) groups is 1. The standard InChI is InChI=1S/C15H13N3O6/c1-24-12-5-2-10(3-6-12)9-16-15(19)11-4-7-13(17(20)21)14(8-11)18(22)23/h2-8H,9H2,1H3,(H,16,19). The van der Waals surface area contributed by atoms with E-state index in [1.807, 2.05) is 0 Å². The molecule has 0 aliphatic carbocycles. The molecule has 0 bridgehead atoms. The lowest BCUT2D eigenvalue weighted by molar-refractivity contribution is -0.422. The largest absolute Gasteiger partial charge is 0.497 e. The van der Waals surface area contributed by atoms with Gasteiger partial charge in [-0.3, -0.25) is 25.0 Å². The van der Waals surface area contributed by atoms with E-state index in [0.29, 0.717) is 5.75 Å². The molecule has 124 valence electrons.